The van der Waals surface area contributed by atoms with Crippen LogP contribution in [0.2, 0.25) is 0 Å². The van der Waals surface area contributed by atoms with E-state index in [1.165, 1.54) is 66.6 Å². The Morgan fingerprint density at radius 1 is 0.222 bits per heavy atom. The Morgan fingerprint density at radius 2 is 0.519 bits per heavy atom. The van der Waals surface area contributed by atoms with Crippen molar-refractivity contribution in [3.8, 4) is 67.3 Å². The highest BCUT2D eigenvalue weighted by molar-refractivity contribution is 6.16. The number of aromatic nitrogens is 2. The number of rotatable bonds is 7. The van der Waals surface area contributed by atoms with Crippen molar-refractivity contribution in [1.29, 1.82) is 0 Å². The fourth-order valence-corrected chi connectivity index (χ4v) is 8.13. The Bertz CT molecular complexity index is 2870. The second-order valence-electron chi connectivity index (χ2n) is 13.7. The minimum absolute atomic E-state index is 1.12. The summed E-state index contributed by atoms with van der Waals surface area (Å²) in [4.78, 5) is 0. The van der Waals surface area contributed by atoms with E-state index < -0.39 is 0 Å². The van der Waals surface area contributed by atoms with Crippen LogP contribution in [0.3, 0.4) is 0 Å². The molecule has 2 aromatic heterocycles. The second-order valence-corrected chi connectivity index (χ2v) is 13.7. The molecule has 0 bridgehead atoms. The van der Waals surface area contributed by atoms with Crippen molar-refractivity contribution >= 4 is 21.8 Å². The van der Waals surface area contributed by atoms with Gasteiger partial charge in [-0.05, 0) is 69.8 Å². The Kier molecular flexibility index (Phi) is 7.85. The van der Waals surface area contributed by atoms with E-state index in [-0.39, 0.29) is 0 Å². The van der Waals surface area contributed by atoms with Crippen molar-refractivity contribution in [3.05, 3.63) is 218 Å². The van der Waals surface area contributed by atoms with Gasteiger partial charge in [0.15, 0.2) is 0 Å². The van der Waals surface area contributed by atoms with E-state index in [1.807, 2.05) is 0 Å². The molecule has 254 valence electrons. The first-order valence-electron chi connectivity index (χ1n) is 18.5. The molecule has 0 unspecified atom stereocenters. The molecule has 0 aliphatic carbocycles. The largest absolute Gasteiger partial charge is 0.309 e. The molecule has 0 radical (unpaired) electrons. The quantitative estimate of drug-likeness (QED) is 0.158. The number of hydrogen-bond donors (Lipinski definition) is 0. The second kappa shape index (κ2) is 13.4. The lowest BCUT2D eigenvalue weighted by atomic mass is 9.93. The van der Waals surface area contributed by atoms with Gasteiger partial charge in [-0.15, -0.1) is 0 Å². The molecule has 54 heavy (non-hydrogen) atoms. The van der Waals surface area contributed by atoms with Crippen molar-refractivity contribution in [2.45, 2.75) is 0 Å². The van der Waals surface area contributed by atoms with Crippen LogP contribution in [0.1, 0.15) is 0 Å². The Labute approximate surface area is 315 Å². The van der Waals surface area contributed by atoms with Gasteiger partial charge >= 0.3 is 0 Å². The number of para-hydroxylation sites is 3. The molecule has 8 aromatic carbocycles. The van der Waals surface area contributed by atoms with E-state index in [1.54, 1.807) is 0 Å². The highest BCUT2D eigenvalue weighted by Gasteiger charge is 2.28. The molecule has 0 fully saturated rings. The number of benzene rings is 8. The third-order valence-corrected chi connectivity index (χ3v) is 10.6. The van der Waals surface area contributed by atoms with E-state index >= 15 is 0 Å². The summed E-state index contributed by atoms with van der Waals surface area (Å²) in [6, 6.07) is 78.8. The van der Waals surface area contributed by atoms with Gasteiger partial charge in [0.05, 0.1) is 22.4 Å². The number of fused-ring (bicyclic) bond motifs is 2. The highest BCUT2D eigenvalue weighted by Crippen LogP contribution is 2.50. The molecule has 0 aliphatic rings. The monoisotopic (exact) mass is 688 g/mol. The molecule has 2 heteroatoms. The van der Waals surface area contributed by atoms with Crippen molar-refractivity contribution in [2.75, 3.05) is 0 Å². The van der Waals surface area contributed by atoms with Crippen LogP contribution in [0.15, 0.2) is 218 Å². The SMILES string of the molecule is c1ccc(-c2ccc(-c3c(-c4c(-c5ccccc5)n(-c5ccc(-c6ccccc6)cc5)c5ccccc45)c4ccccc4n3-c3ccccc3)cc2)cc1. The standard InChI is InChI=1S/C52H36N2/c1-5-17-37(18-6-1)39-29-31-42(32-30-39)52-50(45-25-13-15-27-47(45)53(52)43-23-11-4-12-24-43)49-46-26-14-16-28-48(46)54(51(49)41-21-9-3-10-22-41)44-35-33-40(34-36-44)38-19-7-2-8-20-38/h1-36H. The zero-order valence-electron chi connectivity index (χ0n) is 29.7. The molecule has 0 saturated carbocycles. The van der Waals surface area contributed by atoms with Gasteiger partial charge in [-0.3, -0.25) is 0 Å². The van der Waals surface area contributed by atoms with Gasteiger partial charge in [0, 0.05) is 33.3 Å². The number of hydrogen-bond acceptors (Lipinski definition) is 0. The molecular formula is C52H36N2. The summed E-state index contributed by atoms with van der Waals surface area (Å²) in [5.41, 5.74) is 16.5. The minimum Gasteiger partial charge on any atom is -0.309 e. The maximum atomic E-state index is 2.46. The molecule has 0 N–H and O–H groups in total. The molecule has 0 saturated heterocycles. The van der Waals surface area contributed by atoms with Crippen molar-refractivity contribution < 1.29 is 0 Å². The first kappa shape index (κ1) is 31.6. The molecule has 10 rings (SSSR count). The highest BCUT2D eigenvalue weighted by atomic mass is 15.0. The average molecular weight is 689 g/mol. The Hall–Kier alpha value is -7.16. The van der Waals surface area contributed by atoms with Crippen LogP contribution in [0.25, 0.3) is 89.1 Å². The summed E-state index contributed by atoms with van der Waals surface area (Å²) in [6.07, 6.45) is 0. The van der Waals surface area contributed by atoms with Gasteiger partial charge in [0.2, 0.25) is 0 Å². The molecule has 0 amide bonds. The number of nitrogens with zero attached hydrogens (tertiary/aromatic N) is 2. The lowest BCUT2D eigenvalue weighted by Crippen LogP contribution is -1.99. The van der Waals surface area contributed by atoms with Crippen LogP contribution in [0.5, 0.6) is 0 Å². The van der Waals surface area contributed by atoms with Crippen LogP contribution >= 0.6 is 0 Å². The van der Waals surface area contributed by atoms with Crippen LogP contribution in [0.4, 0.5) is 0 Å². The zero-order valence-corrected chi connectivity index (χ0v) is 29.7. The van der Waals surface area contributed by atoms with Gasteiger partial charge in [-0.25, -0.2) is 0 Å². The topological polar surface area (TPSA) is 9.86 Å². The summed E-state index contributed by atoms with van der Waals surface area (Å²) in [6.45, 7) is 0. The Balaban J connectivity index is 1.31. The summed E-state index contributed by atoms with van der Waals surface area (Å²) < 4.78 is 4.92. The van der Waals surface area contributed by atoms with E-state index in [2.05, 4.69) is 228 Å². The van der Waals surface area contributed by atoms with Gasteiger partial charge in [0.1, 0.15) is 0 Å². The third-order valence-electron chi connectivity index (χ3n) is 10.6. The predicted octanol–water partition coefficient (Wildman–Crippen LogP) is 13.9. The fraction of sp³-hybridized carbons (Fsp3) is 0. The third kappa shape index (κ3) is 5.36. The first-order chi connectivity index (χ1) is 26.8. The van der Waals surface area contributed by atoms with Crippen LogP contribution < -0.4 is 0 Å². The molecule has 10 aromatic rings. The van der Waals surface area contributed by atoms with Crippen molar-refractivity contribution in [3.63, 3.8) is 0 Å². The minimum atomic E-state index is 1.12. The smallest absolute Gasteiger partial charge is 0.0620 e. The fourth-order valence-electron chi connectivity index (χ4n) is 8.13. The molecule has 0 atom stereocenters. The van der Waals surface area contributed by atoms with Crippen LogP contribution in [-0.2, 0) is 0 Å². The van der Waals surface area contributed by atoms with Gasteiger partial charge in [0.25, 0.3) is 0 Å². The van der Waals surface area contributed by atoms with E-state index in [4.69, 9.17) is 0 Å². The Morgan fingerprint density at radius 3 is 0.981 bits per heavy atom. The summed E-state index contributed by atoms with van der Waals surface area (Å²) in [7, 11) is 0. The summed E-state index contributed by atoms with van der Waals surface area (Å²) in [5.74, 6) is 0. The van der Waals surface area contributed by atoms with E-state index in [0.29, 0.717) is 0 Å². The maximum absolute atomic E-state index is 2.46. The molecule has 2 heterocycles. The lowest BCUT2D eigenvalue weighted by Gasteiger charge is -2.16. The van der Waals surface area contributed by atoms with Crippen LogP contribution in [0, 0.1) is 0 Å². The van der Waals surface area contributed by atoms with Crippen LogP contribution in [-0.4, -0.2) is 9.13 Å². The molecule has 0 aliphatic heterocycles. The van der Waals surface area contributed by atoms with Crippen molar-refractivity contribution in [2.24, 2.45) is 0 Å². The molecule has 0 spiro atoms. The summed E-state index contributed by atoms with van der Waals surface area (Å²) in [5, 5.41) is 2.42. The van der Waals surface area contributed by atoms with Gasteiger partial charge in [-0.2, -0.15) is 0 Å². The maximum Gasteiger partial charge on any atom is 0.0620 e. The predicted molar refractivity (Wildman–Crippen MR) is 227 cm³/mol. The lowest BCUT2D eigenvalue weighted by molar-refractivity contribution is 1.13. The van der Waals surface area contributed by atoms with Crippen molar-refractivity contribution in [1.82, 2.24) is 9.13 Å². The zero-order chi connectivity index (χ0) is 35.8. The average Bonchev–Trinajstić information content (AvgIpc) is 3.78. The van der Waals surface area contributed by atoms with Gasteiger partial charge in [-0.1, -0.05) is 182 Å². The molecular weight excluding hydrogens is 653 g/mol. The first-order valence-corrected chi connectivity index (χ1v) is 18.5. The van der Waals surface area contributed by atoms with Gasteiger partial charge < -0.3 is 9.13 Å². The summed E-state index contributed by atoms with van der Waals surface area (Å²) >= 11 is 0. The molecule has 2 nitrogen and oxygen atoms in total. The van der Waals surface area contributed by atoms with E-state index in [9.17, 15) is 0 Å². The normalized spacial score (nSPS) is 11.3. The van der Waals surface area contributed by atoms with E-state index in [0.717, 1.165) is 22.5 Å².